The van der Waals surface area contributed by atoms with Gasteiger partial charge in [-0.15, -0.1) is 0 Å². The number of nitro groups is 1. The van der Waals surface area contributed by atoms with Crippen molar-refractivity contribution in [2.24, 2.45) is 0 Å². The van der Waals surface area contributed by atoms with E-state index in [0.717, 1.165) is 6.54 Å². The van der Waals surface area contributed by atoms with Gasteiger partial charge in [-0.1, -0.05) is 12.1 Å². The minimum absolute atomic E-state index is 0.0947. The normalized spacial score (nSPS) is 11.1. The number of para-hydroxylation sites is 2. The molecule has 0 aliphatic rings. The molecule has 0 saturated heterocycles. The maximum absolute atomic E-state index is 12.4. The highest BCUT2D eigenvalue weighted by atomic mass is 16.6. The van der Waals surface area contributed by atoms with Gasteiger partial charge in [0, 0.05) is 44.5 Å². The number of rotatable bonds is 9. The van der Waals surface area contributed by atoms with Crippen molar-refractivity contribution >= 4 is 34.1 Å². The molecule has 1 N–H and O–H groups in total. The summed E-state index contributed by atoms with van der Waals surface area (Å²) in [4.78, 5) is 36.3. The number of nitro benzene ring substituents is 1. The van der Waals surface area contributed by atoms with E-state index < -0.39 is 10.7 Å². The first-order valence-electron chi connectivity index (χ1n) is 10.7. The Labute approximate surface area is 200 Å². The van der Waals surface area contributed by atoms with E-state index in [1.807, 2.05) is 19.0 Å². The zero-order valence-electron chi connectivity index (χ0n) is 19.8. The molecule has 182 valence electrons. The number of ether oxygens (including phenoxy) is 1. The zero-order valence-corrected chi connectivity index (χ0v) is 19.8. The first-order chi connectivity index (χ1) is 16.8. The van der Waals surface area contributed by atoms with Crippen molar-refractivity contribution in [3.63, 3.8) is 0 Å². The van der Waals surface area contributed by atoms with E-state index >= 15 is 0 Å². The van der Waals surface area contributed by atoms with Gasteiger partial charge in [0.1, 0.15) is 17.3 Å². The lowest BCUT2D eigenvalue weighted by molar-refractivity contribution is -0.384. The molecule has 0 saturated carbocycles. The van der Waals surface area contributed by atoms with Gasteiger partial charge in [-0.3, -0.25) is 10.1 Å². The van der Waals surface area contributed by atoms with Crippen LogP contribution in [0.2, 0.25) is 0 Å². The molecule has 12 heteroatoms. The second kappa shape index (κ2) is 9.81. The van der Waals surface area contributed by atoms with E-state index in [-0.39, 0.29) is 17.5 Å². The van der Waals surface area contributed by atoms with Crippen LogP contribution in [-0.2, 0) is 0 Å². The fraction of sp³-hybridized carbons (Fsp3) is 0.261. The average Bonchev–Trinajstić information content (AvgIpc) is 3.18. The lowest BCUT2D eigenvalue weighted by Gasteiger charge is -2.22. The van der Waals surface area contributed by atoms with Crippen molar-refractivity contribution in [1.82, 2.24) is 19.4 Å². The summed E-state index contributed by atoms with van der Waals surface area (Å²) in [6.45, 7) is 1.31. The molecule has 12 nitrogen and oxygen atoms in total. The van der Waals surface area contributed by atoms with Crippen LogP contribution >= 0.6 is 0 Å². The predicted octanol–water partition coefficient (Wildman–Crippen LogP) is 3.03. The molecule has 2 heterocycles. The van der Waals surface area contributed by atoms with E-state index in [9.17, 15) is 14.9 Å². The summed E-state index contributed by atoms with van der Waals surface area (Å²) >= 11 is 0. The maximum atomic E-state index is 12.4. The van der Waals surface area contributed by atoms with Gasteiger partial charge in [-0.25, -0.2) is 14.3 Å². The standard InChI is InChI=1S/C23H25N7O5/c1-27(2)11-12-28(3)17-14-20(34-4)15(13-18(17)30(32)33)25-22-24-10-9-21(26-22)29-16-7-5-6-8-19(16)35-23(29)31/h5-10,13-14H,11-12H2,1-4H3,(H,24,25,26). The summed E-state index contributed by atoms with van der Waals surface area (Å²) < 4.78 is 12.1. The van der Waals surface area contributed by atoms with Gasteiger partial charge in [-0.2, -0.15) is 4.98 Å². The molecule has 0 radical (unpaired) electrons. The Morgan fingerprint density at radius 1 is 1.17 bits per heavy atom. The summed E-state index contributed by atoms with van der Waals surface area (Å²) in [6.07, 6.45) is 1.48. The smallest absolute Gasteiger partial charge is 0.425 e. The molecule has 2 aromatic heterocycles. The van der Waals surface area contributed by atoms with Crippen LogP contribution in [-0.4, -0.2) is 65.7 Å². The molecule has 35 heavy (non-hydrogen) atoms. The molecule has 0 aliphatic heterocycles. The number of likely N-dealkylation sites (N-methyl/N-ethyl adjacent to an activating group) is 2. The van der Waals surface area contributed by atoms with Gasteiger partial charge in [0.05, 0.1) is 23.2 Å². The number of benzene rings is 2. The summed E-state index contributed by atoms with van der Waals surface area (Å²) in [5.41, 5.74) is 1.62. The van der Waals surface area contributed by atoms with E-state index in [1.54, 1.807) is 48.3 Å². The van der Waals surface area contributed by atoms with Gasteiger partial charge in [0.25, 0.3) is 5.69 Å². The molecule has 0 amide bonds. The van der Waals surface area contributed by atoms with E-state index in [4.69, 9.17) is 9.15 Å². The van der Waals surface area contributed by atoms with Gasteiger partial charge < -0.3 is 24.3 Å². The fourth-order valence-corrected chi connectivity index (χ4v) is 3.58. The van der Waals surface area contributed by atoms with E-state index in [2.05, 4.69) is 15.3 Å². The number of hydrogen-bond donors (Lipinski definition) is 1. The van der Waals surface area contributed by atoms with Crippen molar-refractivity contribution in [1.29, 1.82) is 0 Å². The first kappa shape index (κ1) is 23.7. The Morgan fingerprint density at radius 2 is 1.94 bits per heavy atom. The van der Waals surface area contributed by atoms with Crippen molar-refractivity contribution in [2.45, 2.75) is 0 Å². The Morgan fingerprint density at radius 3 is 2.66 bits per heavy atom. The second-order valence-electron chi connectivity index (χ2n) is 8.06. The zero-order chi connectivity index (χ0) is 25.1. The Kier molecular flexibility index (Phi) is 6.64. The number of fused-ring (bicyclic) bond motifs is 1. The molecule has 0 fully saturated rings. The van der Waals surface area contributed by atoms with Gasteiger partial charge in [-0.05, 0) is 26.2 Å². The van der Waals surface area contributed by atoms with Crippen LogP contribution < -0.4 is 20.7 Å². The number of anilines is 3. The summed E-state index contributed by atoms with van der Waals surface area (Å²) in [7, 11) is 7.14. The molecule has 4 rings (SSSR count). The molecule has 0 bridgehead atoms. The van der Waals surface area contributed by atoms with Crippen molar-refractivity contribution in [3.8, 4) is 11.6 Å². The highest BCUT2D eigenvalue weighted by Gasteiger charge is 2.22. The molecule has 0 spiro atoms. The highest BCUT2D eigenvalue weighted by molar-refractivity contribution is 5.77. The van der Waals surface area contributed by atoms with Crippen LogP contribution in [0.1, 0.15) is 0 Å². The monoisotopic (exact) mass is 479 g/mol. The van der Waals surface area contributed by atoms with E-state index in [1.165, 1.54) is 23.9 Å². The van der Waals surface area contributed by atoms with Crippen LogP contribution in [0, 0.1) is 10.1 Å². The third kappa shape index (κ3) is 4.92. The molecular weight excluding hydrogens is 454 g/mol. The maximum Gasteiger partial charge on any atom is 0.425 e. The van der Waals surface area contributed by atoms with Crippen molar-refractivity contribution in [3.05, 3.63) is 69.3 Å². The van der Waals surface area contributed by atoms with E-state index in [0.29, 0.717) is 34.8 Å². The van der Waals surface area contributed by atoms with Crippen molar-refractivity contribution < 1.29 is 14.1 Å². The van der Waals surface area contributed by atoms with Gasteiger partial charge in [0.2, 0.25) is 5.95 Å². The van der Waals surface area contributed by atoms with Crippen LogP contribution in [0.15, 0.2) is 57.9 Å². The van der Waals surface area contributed by atoms with Gasteiger partial charge >= 0.3 is 5.76 Å². The van der Waals surface area contributed by atoms with Crippen LogP contribution in [0.3, 0.4) is 0 Å². The number of nitrogens with zero attached hydrogens (tertiary/aromatic N) is 6. The molecular formula is C23H25N7O5. The van der Waals surface area contributed by atoms with Crippen LogP contribution in [0.25, 0.3) is 16.9 Å². The summed E-state index contributed by atoms with van der Waals surface area (Å²) in [6, 6.07) is 11.5. The number of methoxy groups -OCH3 is 1. The number of nitrogens with one attached hydrogen (secondary N) is 1. The Balaban J connectivity index is 1.71. The summed E-state index contributed by atoms with van der Waals surface area (Å²) in [5, 5.41) is 14.8. The molecule has 0 aliphatic carbocycles. The van der Waals surface area contributed by atoms with Crippen molar-refractivity contribution in [2.75, 3.05) is 51.6 Å². The molecule has 4 aromatic rings. The fourth-order valence-electron chi connectivity index (χ4n) is 3.58. The quantitative estimate of drug-likeness (QED) is 0.282. The average molecular weight is 479 g/mol. The Hall–Kier alpha value is -4.45. The molecule has 0 atom stereocenters. The molecule has 2 aromatic carbocycles. The molecule has 0 unspecified atom stereocenters. The number of hydrogen-bond acceptors (Lipinski definition) is 10. The topological polar surface area (TPSA) is 132 Å². The lowest BCUT2D eigenvalue weighted by atomic mass is 10.2. The largest absolute Gasteiger partial charge is 0.494 e. The van der Waals surface area contributed by atoms with Crippen LogP contribution in [0.4, 0.5) is 23.0 Å². The third-order valence-electron chi connectivity index (χ3n) is 5.39. The number of oxazole rings is 1. The first-order valence-corrected chi connectivity index (χ1v) is 10.7. The van der Waals surface area contributed by atoms with Crippen LogP contribution in [0.5, 0.6) is 5.75 Å². The lowest BCUT2D eigenvalue weighted by Crippen LogP contribution is -2.29. The SMILES string of the molecule is COc1cc(N(C)CCN(C)C)c([N+](=O)[O-])cc1Nc1nccc(-n2c(=O)oc3ccccc32)n1. The highest BCUT2D eigenvalue weighted by Crippen LogP contribution is 2.38. The Bertz CT molecular complexity index is 1430. The van der Waals surface area contributed by atoms with Gasteiger partial charge in [0.15, 0.2) is 5.58 Å². The minimum Gasteiger partial charge on any atom is -0.494 e. The third-order valence-corrected chi connectivity index (χ3v) is 5.39. The summed E-state index contributed by atoms with van der Waals surface area (Å²) in [5.74, 6) is 0.198. The second-order valence-corrected chi connectivity index (χ2v) is 8.06. The predicted molar refractivity (Wildman–Crippen MR) is 132 cm³/mol. The minimum atomic E-state index is -0.589. The number of aromatic nitrogens is 3.